The van der Waals surface area contributed by atoms with Gasteiger partial charge in [-0.25, -0.2) is 9.97 Å². The lowest BCUT2D eigenvalue weighted by Crippen LogP contribution is -2.50. The average Bonchev–Trinajstić information content (AvgIpc) is 3.74. The van der Waals surface area contributed by atoms with Crippen LogP contribution < -0.4 is 10.5 Å². The van der Waals surface area contributed by atoms with E-state index in [2.05, 4.69) is 151 Å². The van der Waals surface area contributed by atoms with Gasteiger partial charge in [0.25, 0.3) is 0 Å². The molecule has 1 aliphatic heterocycles. The molecule has 0 unspecified atom stereocenters. The van der Waals surface area contributed by atoms with Crippen LogP contribution in [0.4, 0.5) is 0 Å². The van der Waals surface area contributed by atoms with Gasteiger partial charge in [-0.2, -0.15) is 0 Å². The maximum atomic E-state index is 6.66. The van der Waals surface area contributed by atoms with Crippen LogP contribution in [0.25, 0.3) is 83.2 Å². The SMILES string of the molecule is C[Si]1(C)c2ccccc2-c2c(-c3ccccc3)nc(-c3ccccc3-n3c4ccccc4c4ccc5c6ccccc6oc5c43)nc21. The summed E-state index contributed by atoms with van der Waals surface area (Å²) < 4.78 is 9.02. The van der Waals surface area contributed by atoms with E-state index < -0.39 is 8.07 Å². The summed E-state index contributed by atoms with van der Waals surface area (Å²) in [6.07, 6.45) is 0. The van der Waals surface area contributed by atoms with Crippen LogP contribution in [0, 0.1) is 0 Å². The molecular weight excluding hydrogens is 591 g/mol. The monoisotopic (exact) mass is 619 g/mol. The molecule has 0 saturated carbocycles. The van der Waals surface area contributed by atoms with Crippen LogP contribution in [-0.2, 0) is 0 Å². The van der Waals surface area contributed by atoms with Gasteiger partial charge < -0.3 is 8.98 Å². The number of nitrogens with zero attached hydrogens (tertiary/aromatic N) is 3. The highest BCUT2D eigenvalue weighted by atomic mass is 28.3. The average molecular weight is 620 g/mol. The van der Waals surface area contributed by atoms with E-state index in [1.54, 1.807) is 0 Å². The van der Waals surface area contributed by atoms with E-state index in [-0.39, 0.29) is 0 Å². The largest absolute Gasteiger partial charge is 0.454 e. The molecule has 47 heavy (non-hydrogen) atoms. The van der Waals surface area contributed by atoms with E-state index in [4.69, 9.17) is 14.4 Å². The summed E-state index contributed by atoms with van der Waals surface area (Å²) in [5.41, 5.74) is 10.5. The van der Waals surface area contributed by atoms with Crippen molar-refractivity contribution in [1.82, 2.24) is 14.5 Å². The van der Waals surface area contributed by atoms with Crippen molar-refractivity contribution in [3.8, 4) is 39.5 Å². The second kappa shape index (κ2) is 9.61. The van der Waals surface area contributed by atoms with Gasteiger partial charge in [-0.05, 0) is 41.1 Å². The van der Waals surface area contributed by atoms with Crippen LogP contribution in [0.1, 0.15) is 0 Å². The zero-order chi connectivity index (χ0) is 31.3. The number of aromatic nitrogens is 3. The van der Waals surface area contributed by atoms with Gasteiger partial charge in [0.2, 0.25) is 0 Å². The minimum absolute atomic E-state index is 0.745. The van der Waals surface area contributed by atoms with Gasteiger partial charge in [-0.1, -0.05) is 122 Å². The Morgan fingerprint density at radius 2 is 1.26 bits per heavy atom. The summed E-state index contributed by atoms with van der Waals surface area (Å²) in [5.74, 6) is 0.745. The van der Waals surface area contributed by atoms with Crippen LogP contribution in [0.15, 0.2) is 144 Å². The molecule has 0 bridgehead atoms. The maximum absolute atomic E-state index is 6.66. The van der Waals surface area contributed by atoms with Gasteiger partial charge in [0.05, 0.1) is 22.4 Å². The normalized spacial score (nSPS) is 13.5. The fraction of sp³-hybridized carbons (Fsp3) is 0.0476. The maximum Gasteiger partial charge on any atom is 0.161 e. The van der Waals surface area contributed by atoms with Gasteiger partial charge >= 0.3 is 0 Å². The van der Waals surface area contributed by atoms with Crippen molar-refractivity contribution in [1.29, 1.82) is 0 Å². The Bertz CT molecular complexity index is 2720. The van der Waals surface area contributed by atoms with Crippen LogP contribution in [0.2, 0.25) is 13.1 Å². The number of hydrogen-bond donors (Lipinski definition) is 0. The minimum Gasteiger partial charge on any atom is -0.454 e. The Balaban J connectivity index is 1.31. The standard InChI is InChI=1S/C42H29N3OSi/c1-47(2)36-23-13-9-19-32(36)37-38(26-14-4-3-5-15-26)43-41(44-42(37)47)31-18-7-11-21-34(31)45-33-20-10-6-16-27(33)29-24-25-30-28-17-8-12-22-35(28)46-40(30)39(29)45/h3-25H,1-2H3. The molecule has 4 heterocycles. The molecule has 0 radical (unpaired) electrons. The van der Waals surface area contributed by atoms with Crippen molar-refractivity contribution in [2.24, 2.45) is 0 Å². The Kier molecular flexibility index (Phi) is 5.41. The van der Waals surface area contributed by atoms with E-state index in [0.717, 1.165) is 66.7 Å². The molecule has 0 spiro atoms. The summed E-state index contributed by atoms with van der Waals surface area (Å²) in [4.78, 5) is 11.0. The zero-order valence-corrected chi connectivity index (χ0v) is 27.0. The molecule has 9 aromatic rings. The third-order valence-electron chi connectivity index (χ3n) is 9.98. The second-order valence-corrected chi connectivity index (χ2v) is 17.2. The summed E-state index contributed by atoms with van der Waals surface area (Å²) >= 11 is 0. The molecule has 1 aliphatic rings. The van der Waals surface area contributed by atoms with E-state index in [9.17, 15) is 0 Å². The number of rotatable bonds is 3. The topological polar surface area (TPSA) is 43.9 Å². The van der Waals surface area contributed by atoms with Crippen LogP contribution >= 0.6 is 0 Å². The molecule has 0 fully saturated rings. The molecule has 4 nitrogen and oxygen atoms in total. The molecule has 0 saturated heterocycles. The summed E-state index contributed by atoms with van der Waals surface area (Å²) in [6, 6.07) is 49.4. The lowest BCUT2D eigenvalue weighted by Gasteiger charge is -2.20. The first kappa shape index (κ1) is 26.4. The smallest absolute Gasteiger partial charge is 0.161 e. The molecule has 3 aromatic heterocycles. The van der Waals surface area contributed by atoms with Crippen molar-refractivity contribution < 1.29 is 4.42 Å². The van der Waals surface area contributed by atoms with Crippen molar-refractivity contribution >= 4 is 62.3 Å². The van der Waals surface area contributed by atoms with E-state index >= 15 is 0 Å². The molecule has 0 amide bonds. The van der Waals surface area contributed by atoms with Crippen molar-refractivity contribution in [2.45, 2.75) is 13.1 Å². The van der Waals surface area contributed by atoms with Gasteiger partial charge in [0.1, 0.15) is 13.7 Å². The fourth-order valence-electron chi connectivity index (χ4n) is 7.81. The number of benzene rings is 6. The quantitative estimate of drug-likeness (QED) is 0.185. The van der Waals surface area contributed by atoms with Crippen LogP contribution in [0.5, 0.6) is 0 Å². The first-order chi connectivity index (χ1) is 23.1. The Morgan fingerprint density at radius 1 is 0.574 bits per heavy atom. The molecule has 222 valence electrons. The number of para-hydroxylation sites is 3. The highest BCUT2D eigenvalue weighted by Crippen LogP contribution is 2.42. The zero-order valence-electron chi connectivity index (χ0n) is 26.0. The van der Waals surface area contributed by atoms with Crippen molar-refractivity contribution in [2.75, 3.05) is 0 Å². The summed E-state index contributed by atoms with van der Waals surface area (Å²) in [7, 11) is -2.11. The van der Waals surface area contributed by atoms with Gasteiger partial charge in [0.15, 0.2) is 11.4 Å². The third kappa shape index (κ3) is 3.63. The number of fused-ring (bicyclic) bond motifs is 10. The predicted octanol–water partition coefficient (Wildman–Crippen LogP) is 9.61. The Hall–Kier alpha value is -5.78. The fourth-order valence-corrected chi connectivity index (χ4v) is 10.7. The second-order valence-electron chi connectivity index (χ2n) is 13.0. The van der Waals surface area contributed by atoms with Crippen LogP contribution in [0.3, 0.4) is 0 Å². The Labute approximate surface area is 272 Å². The first-order valence-electron chi connectivity index (χ1n) is 16.1. The van der Waals surface area contributed by atoms with E-state index in [1.807, 2.05) is 6.07 Å². The predicted molar refractivity (Wildman–Crippen MR) is 197 cm³/mol. The third-order valence-corrected chi connectivity index (χ3v) is 13.3. The number of furan rings is 1. The molecule has 0 N–H and O–H groups in total. The molecule has 10 rings (SSSR count). The van der Waals surface area contributed by atoms with E-state index in [1.165, 1.54) is 27.0 Å². The molecule has 0 aliphatic carbocycles. The molecule has 0 atom stereocenters. The van der Waals surface area contributed by atoms with Gasteiger partial charge in [0, 0.05) is 43.6 Å². The summed E-state index contributed by atoms with van der Waals surface area (Å²) in [6.45, 7) is 4.83. The first-order valence-corrected chi connectivity index (χ1v) is 19.1. The lowest BCUT2D eigenvalue weighted by molar-refractivity contribution is 0.671. The van der Waals surface area contributed by atoms with Crippen molar-refractivity contribution in [3.63, 3.8) is 0 Å². The number of hydrogen-bond acceptors (Lipinski definition) is 3. The van der Waals surface area contributed by atoms with Gasteiger partial charge in [-0.3, -0.25) is 0 Å². The highest BCUT2D eigenvalue weighted by Gasteiger charge is 2.41. The van der Waals surface area contributed by atoms with E-state index in [0.29, 0.717) is 0 Å². The van der Waals surface area contributed by atoms with Gasteiger partial charge in [-0.15, -0.1) is 0 Å². The van der Waals surface area contributed by atoms with Crippen LogP contribution in [-0.4, -0.2) is 22.6 Å². The lowest BCUT2D eigenvalue weighted by atomic mass is 10.0. The van der Waals surface area contributed by atoms with Crippen molar-refractivity contribution in [3.05, 3.63) is 140 Å². The molecule has 6 aromatic carbocycles. The molecular formula is C42H29N3OSi. The highest BCUT2D eigenvalue weighted by molar-refractivity contribution is 7.03. The minimum atomic E-state index is -2.11. The Morgan fingerprint density at radius 3 is 2.13 bits per heavy atom. The summed E-state index contributed by atoms with van der Waals surface area (Å²) in [5, 5.41) is 7.19. The molecule has 5 heteroatoms.